The van der Waals surface area contributed by atoms with E-state index < -0.39 is 47.6 Å². The van der Waals surface area contributed by atoms with Crippen molar-refractivity contribution in [2.24, 2.45) is 5.92 Å². The Hall–Kier alpha value is -4.59. The second kappa shape index (κ2) is 14.9. The first-order valence-corrected chi connectivity index (χ1v) is 18.8. The van der Waals surface area contributed by atoms with Gasteiger partial charge in [0, 0.05) is 18.5 Å². The monoisotopic (exact) mass is 716 g/mol. The first-order valence-electron chi connectivity index (χ1n) is 17.9. The number of methoxy groups -OCH3 is 1. The minimum absolute atomic E-state index is 0.0656. The molecule has 2 saturated carbocycles. The summed E-state index contributed by atoms with van der Waals surface area (Å²) in [5.41, 5.74) is 1.09. The average molecular weight is 717 g/mol. The molecule has 3 amide bonds. The van der Waals surface area contributed by atoms with Gasteiger partial charge in [-0.15, -0.1) is 11.3 Å². The predicted molar refractivity (Wildman–Crippen MR) is 189 cm³/mol. The first kappa shape index (κ1) is 34.8. The molecular formula is C37H44N6O7S. The Kier molecular flexibility index (Phi) is 10.2. The van der Waals surface area contributed by atoms with Crippen molar-refractivity contribution in [3.63, 3.8) is 0 Å². The summed E-state index contributed by atoms with van der Waals surface area (Å²) >= 11 is 1.46. The molecule has 7 rings (SSSR count). The van der Waals surface area contributed by atoms with Gasteiger partial charge < -0.3 is 29.7 Å². The van der Waals surface area contributed by atoms with Crippen LogP contribution in [0.3, 0.4) is 0 Å². The maximum Gasteiger partial charge on any atom is 0.408 e. The summed E-state index contributed by atoms with van der Waals surface area (Å²) in [6, 6.07) is 3.62. The maximum atomic E-state index is 14.5. The van der Waals surface area contributed by atoms with Gasteiger partial charge in [-0.05, 0) is 81.4 Å². The summed E-state index contributed by atoms with van der Waals surface area (Å²) in [6.07, 6.45) is 12.0. The number of pyridine rings is 1. The molecule has 2 aliphatic heterocycles. The topological polar surface area (TPSA) is 162 Å². The quantitative estimate of drug-likeness (QED) is 0.262. The highest BCUT2D eigenvalue weighted by molar-refractivity contribution is 7.17. The fourth-order valence-corrected chi connectivity index (χ4v) is 8.42. The molecule has 13 nitrogen and oxygen atoms in total. The number of carbonyl (C=O) groups is 4. The van der Waals surface area contributed by atoms with Crippen molar-refractivity contribution in [1.29, 1.82) is 0 Å². The van der Waals surface area contributed by atoms with Crippen molar-refractivity contribution in [1.82, 2.24) is 30.5 Å². The molecule has 0 unspecified atom stereocenters. The number of rotatable bonds is 6. The second-order valence-electron chi connectivity index (χ2n) is 14.0. The van der Waals surface area contributed by atoms with Crippen LogP contribution in [0.4, 0.5) is 4.79 Å². The first-order chi connectivity index (χ1) is 24.8. The fraction of sp³-hybridized carbons (Fsp3) is 0.541. The third kappa shape index (κ3) is 7.42. The number of nitrogens with one attached hydrogen (secondary N) is 2. The lowest BCUT2D eigenvalue weighted by atomic mass is 10.0. The maximum absolute atomic E-state index is 14.5. The van der Waals surface area contributed by atoms with Crippen LogP contribution in [0.1, 0.15) is 76.2 Å². The fourth-order valence-electron chi connectivity index (χ4n) is 7.50. The van der Waals surface area contributed by atoms with E-state index in [1.807, 2.05) is 42.7 Å². The number of aromatic nitrogens is 3. The van der Waals surface area contributed by atoms with E-state index in [1.54, 1.807) is 6.20 Å². The van der Waals surface area contributed by atoms with E-state index in [4.69, 9.17) is 24.2 Å². The van der Waals surface area contributed by atoms with E-state index >= 15 is 0 Å². The summed E-state index contributed by atoms with van der Waals surface area (Å²) in [6.45, 7) is 2.03. The lowest BCUT2D eigenvalue weighted by Gasteiger charge is -2.29. The van der Waals surface area contributed by atoms with Gasteiger partial charge in [-0.2, -0.15) is 4.98 Å². The zero-order valence-corrected chi connectivity index (χ0v) is 29.8. The molecular weight excluding hydrogens is 673 g/mol. The van der Waals surface area contributed by atoms with Crippen LogP contribution in [0, 0.1) is 12.8 Å². The molecule has 14 heteroatoms. The number of carbonyl (C=O) groups excluding carboxylic acids is 4. The van der Waals surface area contributed by atoms with Crippen molar-refractivity contribution in [3.05, 3.63) is 47.5 Å². The summed E-state index contributed by atoms with van der Waals surface area (Å²) in [4.78, 5) is 70.3. The van der Waals surface area contributed by atoms with Gasteiger partial charge in [0.15, 0.2) is 5.82 Å². The van der Waals surface area contributed by atoms with E-state index in [0.717, 1.165) is 60.7 Å². The SMILES string of the molecule is COC(=O)[C@@]12C[C@H]1/C=C\CCCCC[C@H](NC(=O)OC1CCCC1)C(=O)N1C[C@H](Oc3nc(-c4ccccn4)nc4c(C)csc34)C[C@H]1C(=O)N2. The lowest BCUT2D eigenvalue weighted by molar-refractivity contribution is -0.148. The van der Waals surface area contributed by atoms with E-state index in [-0.39, 0.29) is 25.0 Å². The largest absolute Gasteiger partial charge is 0.471 e. The van der Waals surface area contributed by atoms with Gasteiger partial charge in [-0.25, -0.2) is 14.6 Å². The molecule has 3 aromatic heterocycles. The van der Waals surface area contributed by atoms with Crippen molar-refractivity contribution in [2.75, 3.05) is 13.7 Å². The molecule has 4 aliphatic rings. The lowest BCUT2D eigenvalue weighted by Crippen LogP contribution is -2.56. The second-order valence-corrected chi connectivity index (χ2v) is 14.9. The number of ether oxygens (including phenoxy) is 3. The average Bonchev–Trinajstić information content (AvgIpc) is 3.51. The Balaban J connectivity index is 1.19. The molecule has 0 bridgehead atoms. The molecule has 2 N–H and O–H groups in total. The standard InChI is InChI=1S/C37H44N6O7S/c1-22-21-51-30-29(22)40-31(26-15-10-11-17-38-26)41-33(30)49-25-18-28-32(44)42-37(35(46)48-2)19-23(37)12-6-4-3-5-7-16-27(34(45)43(28)20-25)39-36(47)50-24-13-8-9-14-24/h6,10-12,15,17,21,23-25,27-28H,3-5,7-9,13-14,16,18-20H2,1-2H3,(H,39,47)(H,42,44)/b12-6-/t23-,25-,27+,28+,37-/m1/s1. The van der Waals surface area contributed by atoms with Gasteiger partial charge in [-0.1, -0.05) is 31.1 Å². The molecule has 5 heterocycles. The Morgan fingerprint density at radius 3 is 2.67 bits per heavy atom. The Labute approximate surface area is 300 Å². The summed E-state index contributed by atoms with van der Waals surface area (Å²) in [7, 11) is 1.31. The van der Waals surface area contributed by atoms with E-state index in [0.29, 0.717) is 36.7 Å². The summed E-state index contributed by atoms with van der Waals surface area (Å²) in [5.74, 6) is -0.867. The third-order valence-electron chi connectivity index (χ3n) is 10.4. The number of allylic oxidation sites excluding steroid dienone is 1. The highest BCUT2D eigenvalue weighted by Gasteiger charge is 2.62. The van der Waals surface area contributed by atoms with Gasteiger partial charge >= 0.3 is 12.1 Å². The zero-order valence-electron chi connectivity index (χ0n) is 29.0. The van der Waals surface area contributed by atoms with E-state index in [1.165, 1.54) is 23.3 Å². The van der Waals surface area contributed by atoms with Crippen molar-refractivity contribution < 1.29 is 33.4 Å². The molecule has 5 atom stereocenters. The molecule has 0 radical (unpaired) electrons. The van der Waals surface area contributed by atoms with E-state index in [9.17, 15) is 19.2 Å². The van der Waals surface area contributed by atoms with Crippen molar-refractivity contribution >= 4 is 45.4 Å². The van der Waals surface area contributed by atoms with Crippen LogP contribution >= 0.6 is 11.3 Å². The number of hydrogen-bond acceptors (Lipinski definition) is 11. The van der Waals surface area contributed by atoms with Gasteiger partial charge in [0.05, 0.1) is 19.2 Å². The molecule has 270 valence electrons. The smallest absolute Gasteiger partial charge is 0.408 e. The van der Waals surface area contributed by atoms with Crippen LogP contribution in [-0.2, 0) is 23.9 Å². The Morgan fingerprint density at radius 2 is 1.88 bits per heavy atom. The van der Waals surface area contributed by atoms with Gasteiger partial charge in [0.2, 0.25) is 17.7 Å². The number of fused-ring (bicyclic) bond motifs is 3. The minimum atomic E-state index is -1.20. The van der Waals surface area contributed by atoms with Crippen LogP contribution in [0.2, 0.25) is 0 Å². The summed E-state index contributed by atoms with van der Waals surface area (Å²) in [5, 5.41) is 7.80. The van der Waals surface area contributed by atoms with Crippen LogP contribution < -0.4 is 15.4 Å². The molecule has 51 heavy (non-hydrogen) atoms. The predicted octanol–water partition coefficient (Wildman–Crippen LogP) is 5.02. The van der Waals surface area contributed by atoms with Crippen molar-refractivity contribution in [2.45, 2.75) is 107 Å². The number of thiophene rings is 1. The Bertz CT molecular complexity index is 1810. The number of aryl methyl sites for hydroxylation is 1. The van der Waals surface area contributed by atoms with Crippen LogP contribution in [0.15, 0.2) is 41.9 Å². The van der Waals surface area contributed by atoms with Crippen LogP contribution in [0.5, 0.6) is 5.88 Å². The zero-order chi connectivity index (χ0) is 35.5. The Morgan fingerprint density at radius 1 is 1.06 bits per heavy atom. The molecule has 3 fully saturated rings. The number of alkyl carbamates (subject to hydrolysis) is 1. The molecule has 0 aromatic carbocycles. The third-order valence-corrected chi connectivity index (χ3v) is 11.5. The van der Waals surface area contributed by atoms with Gasteiger partial charge in [0.25, 0.3) is 0 Å². The molecule has 0 spiro atoms. The van der Waals surface area contributed by atoms with Gasteiger partial charge in [-0.3, -0.25) is 14.6 Å². The van der Waals surface area contributed by atoms with Crippen molar-refractivity contribution in [3.8, 4) is 17.4 Å². The number of nitrogens with zero attached hydrogens (tertiary/aromatic N) is 4. The van der Waals surface area contributed by atoms with Gasteiger partial charge in [0.1, 0.15) is 40.2 Å². The van der Waals surface area contributed by atoms with E-state index in [2.05, 4.69) is 15.6 Å². The normalized spacial score (nSPS) is 27.8. The summed E-state index contributed by atoms with van der Waals surface area (Å²) < 4.78 is 18.1. The number of esters is 1. The molecule has 3 aromatic rings. The van der Waals surface area contributed by atoms with Crippen LogP contribution in [-0.4, -0.2) is 87.2 Å². The molecule has 2 aliphatic carbocycles. The number of amides is 3. The highest BCUT2D eigenvalue weighted by Crippen LogP contribution is 2.46. The number of hydrogen-bond donors (Lipinski definition) is 2. The minimum Gasteiger partial charge on any atom is -0.471 e. The highest BCUT2D eigenvalue weighted by atomic mass is 32.1. The van der Waals surface area contributed by atoms with Crippen LogP contribution in [0.25, 0.3) is 21.7 Å². The molecule has 1 saturated heterocycles.